The van der Waals surface area contributed by atoms with Crippen LogP contribution in [0, 0.1) is 0 Å². The zero-order valence-electron chi connectivity index (χ0n) is 6.58. The van der Waals surface area contributed by atoms with Crippen LogP contribution in [0.25, 0.3) is 0 Å². The molecule has 0 atom stereocenters. The van der Waals surface area contributed by atoms with Gasteiger partial charge >= 0.3 is 5.97 Å². The Bertz CT molecular complexity index is 373. The minimum atomic E-state index is -0.807. The van der Waals surface area contributed by atoms with Gasteiger partial charge in [0.15, 0.2) is 5.13 Å². The van der Waals surface area contributed by atoms with E-state index < -0.39 is 11.4 Å². The molecular formula is C7H7BrN2O2S. The minimum Gasteiger partial charge on any atom is -0.481 e. The highest BCUT2D eigenvalue weighted by Crippen LogP contribution is 2.51. The normalized spacial score (nSPS) is 18.5. The molecule has 0 amide bonds. The minimum absolute atomic E-state index is 0.411. The summed E-state index contributed by atoms with van der Waals surface area (Å²) in [5.41, 5.74) is 5.32. The average molecular weight is 263 g/mol. The van der Waals surface area contributed by atoms with Crippen LogP contribution >= 0.6 is 27.3 Å². The number of thiazole rings is 1. The van der Waals surface area contributed by atoms with Crippen LogP contribution in [0.2, 0.25) is 0 Å². The molecule has 0 bridgehead atoms. The summed E-state index contributed by atoms with van der Waals surface area (Å²) in [4.78, 5) is 15.0. The lowest BCUT2D eigenvalue weighted by atomic mass is 10.1. The molecule has 1 aliphatic carbocycles. The highest BCUT2D eigenvalue weighted by atomic mass is 79.9. The number of hydrogen-bond acceptors (Lipinski definition) is 4. The summed E-state index contributed by atoms with van der Waals surface area (Å²) in [5, 5.41) is 9.41. The summed E-state index contributed by atoms with van der Waals surface area (Å²) in [6, 6.07) is 0. The van der Waals surface area contributed by atoms with Gasteiger partial charge in [-0.25, -0.2) is 4.98 Å². The van der Waals surface area contributed by atoms with Crippen LogP contribution < -0.4 is 5.73 Å². The Morgan fingerprint density at radius 2 is 2.31 bits per heavy atom. The van der Waals surface area contributed by atoms with Crippen molar-refractivity contribution in [3.8, 4) is 0 Å². The first-order chi connectivity index (χ1) is 6.06. The van der Waals surface area contributed by atoms with E-state index in [2.05, 4.69) is 20.9 Å². The van der Waals surface area contributed by atoms with Crippen LogP contribution in [0.4, 0.5) is 5.13 Å². The third kappa shape index (κ3) is 1.24. The van der Waals surface area contributed by atoms with Gasteiger partial charge in [0.2, 0.25) is 0 Å². The molecule has 3 N–H and O–H groups in total. The van der Waals surface area contributed by atoms with E-state index in [0.717, 1.165) is 3.79 Å². The number of halogens is 1. The van der Waals surface area contributed by atoms with Crippen LogP contribution in [0.5, 0.6) is 0 Å². The third-order valence-electron chi connectivity index (χ3n) is 2.22. The molecule has 6 heteroatoms. The van der Waals surface area contributed by atoms with Crippen molar-refractivity contribution in [1.82, 2.24) is 4.98 Å². The van der Waals surface area contributed by atoms with Crippen molar-refractivity contribution in [2.45, 2.75) is 18.3 Å². The van der Waals surface area contributed by atoms with Crippen molar-refractivity contribution in [2.75, 3.05) is 5.73 Å². The molecule has 1 saturated carbocycles. The van der Waals surface area contributed by atoms with Gasteiger partial charge in [-0.05, 0) is 28.8 Å². The van der Waals surface area contributed by atoms with Gasteiger partial charge in [-0.2, -0.15) is 0 Å². The number of carboxylic acids is 1. The lowest BCUT2D eigenvalue weighted by Gasteiger charge is -2.05. The Labute approximate surface area is 86.9 Å². The Hall–Kier alpha value is -0.620. The van der Waals surface area contributed by atoms with Crippen molar-refractivity contribution >= 4 is 38.4 Å². The molecule has 70 valence electrons. The number of aromatic nitrogens is 1. The molecule has 4 nitrogen and oxygen atoms in total. The van der Waals surface area contributed by atoms with Crippen LogP contribution in [0.1, 0.15) is 18.5 Å². The second-order valence-electron chi connectivity index (χ2n) is 3.06. The molecule has 1 fully saturated rings. The second kappa shape index (κ2) is 2.68. The Balaban J connectivity index is 2.46. The molecule has 2 rings (SSSR count). The fourth-order valence-corrected chi connectivity index (χ4v) is 2.91. The Kier molecular flexibility index (Phi) is 1.85. The van der Waals surface area contributed by atoms with E-state index in [1.165, 1.54) is 11.3 Å². The van der Waals surface area contributed by atoms with Gasteiger partial charge in [0.25, 0.3) is 0 Å². The summed E-state index contributed by atoms with van der Waals surface area (Å²) in [6.45, 7) is 0. The summed E-state index contributed by atoms with van der Waals surface area (Å²) < 4.78 is 0.741. The van der Waals surface area contributed by atoms with E-state index in [1.807, 2.05) is 0 Å². The molecule has 0 spiro atoms. The molecule has 0 aromatic carbocycles. The van der Waals surface area contributed by atoms with Gasteiger partial charge in [-0.1, -0.05) is 11.3 Å². The fraction of sp³-hybridized carbons (Fsp3) is 0.429. The summed E-state index contributed by atoms with van der Waals surface area (Å²) in [6.07, 6.45) is 1.31. The third-order valence-corrected chi connectivity index (χ3v) is 3.75. The van der Waals surface area contributed by atoms with Crippen LogP contribution in [0.15, 0.2) is 3.79 Å². The van der Waals surface area contributed by atoms with Crippen molar-refractivity contribution in [3.63, 3.8) is 0 Å². The molecule has 0 unspecified atom stereocenters. The maximum absolute atomic E-state index is 10.9. The highest BCUT2D eigenvalue weighted by molar-refractivity contribution is 9.11. The van der Waals surface area contributed by atoms with Crippen LogP contribution in [-0.4, -0.2) is 16.1 Å². The first-order valence-corrected chi connectivity index (χ1v) is 5.33. The summed E-state index contributed by atoms with van der Waals surface area (Å²) in [5.74, 6) is -0.807. The standard InChI is InChI=1S/C7H7BrN2O2S/c8-4-3(10-6(9)13-4)7(1-2-7)5(11)12/h1-2H2,(H2,9,10)(H,11,12). The van der Waals surface area contributed by atoms with Gasteiger partial charge in [0.05, 0.1) is 9.48 Å². The number of aliphatic carboxylic acids is 1. The number of carbonyl (C=O) groups is 1. The van der Waals surface area contributed by atoms with E-state index in [0.29, 0.717) is 23.7 Å². The maximum Gasteiger partial charge on any atom is 0.315 e. The molecule has 0 saturated heterocycles. The molecule has 0 radical (unpaired) electrons. The van der Waals surface area contributed by atoms with Gasteiger partial charge in [-0.15, -0.1) is 0 Å². The maximum atomic E-state index is 10.9. The number of nitrogen functional groups attached to an aromatic ring is 1. The molecule has 1 aliphatic rings. The lowest BCUT2D eigenvalue weighted by Crippen LogP contribution is -2.20. The van der Waals surface area contributed by atoms with E-state index in [1.54, 1.807) is 0 Å². The number of nitrogens with two attached hydrogens (primary N) is 1. The molecule has 1 heterocycles. The van der Waals surface area contributed by atoms with Crippen LogP contribution in [0.3, 0.4) is 0 Å². The van der Waals surface area contributed by atoms with Gasteiger partial charge < -0.3 is 10.8 Å². The van der Waals surface area contributed by atoms with Crippen molar-refractivity contribution in [2.24, 2.45) is 0 Å². The van der Waals surface area contributed by atoms with Gasteiger partial charge in [-0.3, -0.25) is 4.79 Å². The molecule has 1 aromatic rings. The summed E-state index contributed by atoms with van der Waals surface area (Å²) in [7, 11) is 0. The van der Waals surface area contributed by atoms with Crippen molar-refractivity contribution in [1.29, 1.82) is 0 Å². The first-order valence-electron chi connectivity index (χ1n) is 3.72. The van der Waals surface area contributed by atoms with Crippen molar-refractivity contribution < 1.29 is 9.90 Å². The zero-order chi connectivity index (χ0) is 9.64. The van der Waals surface area contributed by atoms with Crippen molar-refractivity contribution in [3.05, 3.63) is 9.48 Å². The zero-order valence-corrected chi connectivity index (χ0v) is 8.98. The smallest absolute Gasteiger partial charge is 0.315 e. The molecular weight excluding hydrogens is 256 g/mol. The van der Waals surface area contributed by atoms with Gasteiger partial charge in [0.1, 0.15) is 5.41 Å². The first kappa shape index (κ1) is 8.96. The predicted octanol–water partition coefficient (Wildman–Crippen LogP) is 1.60. The number of hydrogen-bond donors (Lipinski definition) is 2. The summed E-state index contributed by atoms with van der Waals surface area (Å²) >= 11 is 4.55. The van der Waals surface area contributed by atoms with E-state index >= 15 is 0 Å². The quantitative estimate of drug-likeness (QED) is 0.849. The van der Waals surface area contributed by atoms with Gasteiger partial charge in [0, 0.05) is 0 Å². The molecule has 0 aliphatic heterocycles. The Morgan fingerprint density at radius 3 is 2.62 bits per heavy atom. The highest BCUT2D eigenvalue weighted by Gasteiger charge is 2.54. The van der Waals surface area contributed by atoms with E-state index in [-0.39, 0.29) is 0 Å². The number of carboxylic acid groups (broad SMARTS) is 1. The Morgan fingerprint density at radius 1 is 1.69 bits per heavy atom. The lowest BCUT2D eigenvalue weighted by molar-refractivity contribution is -0.140. The fourth-order valence-electron chi connectivity index (χ4n) is 1.29. The second-order valence-corrected chi connectivity index (χ2v) is 5.41. The predicted molar refractivity (Wildman–Crippen MR) is 52.8 cm³/mol. The topological polar surface area (TPSA) is 76.2 Å². The monoisotopic (exact) mass is 262 g/mol. The van der Waals surface area contributed by atoms with E-state index in [9.17, 15) is 4.79 Å². The molecule has 13 heavy (non-hydrogen) atoms. The van der Waals surface area contributed by atoms with E-state index in [4.69, 9.17) is 10.8 Å². The largest absolute Gasteiger partial charge is 0.481 e. The SMILES string of the molecule is Nc1nc(C2(C(=O)O)CC2)c(Br)s1. The van der Waals surface area contributed by atoms with Crippen LogP contribution in [-0.2, 0) is 10.2 Å². The molecule has 1 aromatic heterocycles. The average Bonchev–Trinajstić information content (AvgIpc) is 2.75. The number of rotatable bonds is 2. The number of nitrogens with zero attached hydrogens (tertiary/aromatic N) is 1. The number of anilines is 1.